The summed E-state index contributed by atoms with van der Waals surface area (Å²) in [7, 11) is 0. The topological polar surface area (TPSA) is 50.8 Å². The van der Waals surface area contributed by atoms with Gasteiger partial charge in [-0.2, -0.15) is 0 Å². The molecule has 6 heteroatoms. The number of nitrogens with zero attached hydrogens (tertiary/aromatic N) is 1. The second kappa shape index (κ2) is 20.3. The highest BCUT2D eigenvalue weighted by Crippen LogP contribution is 2.27. The summed E-state index contributed by atoms with van der Waals surface area (Å²) >= 11 is 1.80. The number of carbonyl (C=O) groups is 1. The van der Waals surface area contributed by atoms with Crippen LogP contribution in [0.15, 0.2) is 60.1 Å². The Hall–Kier alpha value is -2.60. The summed E-state index contributed by atoms with van der Waals surface area (Å²) in [6.07, 6.45) is 20.9. The second-order valence-corrected chi connectivity index (χ2v) is 11.6. The van der Waals surface area contributed by atoms with Crippen LogP contribution in [0.3, 0.4) is 0 Å². The summed E-state index contributed by atoms with van der Waals surface area (Å²) in [5.41, 5.74) is 1.98. The zero-order valence-corrected chi connectivity index (χ0v) is 25.4. The molecule has 0 aliphatic carbocycles. The van der Waals surface area contributed by atoms with E-state index in [4.69, 9.17) is 9.47 Å². The van der Waals surface area contributed by atoms with Gasteiger partial charge in [0, 0.05) is 18.4 Å². The van der Waals surface area contributed by atoms with Gasteiger partial charge in [-0.1, -0.05) is 115 Å². The van der Waals surface area contributed by atoms with E-state index < -0.39 is 0 Å². The molecular formula is C34H50N2O3S. The molecule has 40 heavy (non-hydrogen) atoms. The lowest BCUT2D eigenvalue weighted by Crippen LogP contribution is -2.20. The van der Waals surface area contributed by atoms with Crippen molar-refractivity contribution in [2.75, 3.05) is 24.4 Å². The molecular weight excluding hydrogens is 516 g/mol. The van der Waals surface area contributed by atoms with E-state index in [1.807, 2.05) is 48.5 Å². The lowest BCUT2D eigenvalue weighted by molar-refractivity contribution is -0.118. The molecule has 0 fully saturated rings. The van der Waals surface area contributed by atoms with Crippen LogP contribution in [0.4, 0.5) is 5.69 Å². The van der Waals surface area contributed by atoms with E-state index in [0.29, 0.717) is 18.1 Å². The first kappa shape index (κ1) is 31.9. The van der Waals surface area contributed by atoms with Crippen LogP contribution in [0, 0.1) is 0 Å². The molecule has 1 aliphatic rings. The van der Waals surface area contributed by atoms with Crippen molar-refractivity contribution in [3.63, 3.8) is 0 Å². The summed E-state index contributed by atoms with van der Waals surface area (Å²) in [5.74, 6) is 2.10. The van der Waals surface area contributed by atoms with Crippen molar-refractivity contribution >= 4 is 23.4 Å². The van der Waals surface area contributed by atoms with Crippen molar-refractivity contribution < 1.29 is 14.3 Å². The van der Waals surface area contributed by atoms with Crippen LogP contribution in [-0.2, 0) is 11.3 Å². The number of thioether (sulfide) groups is 1. The lowest BCUT2D eigenvalue weighted by Gasteiger charge is -2.15. The molecule has 0 spiro atoms. The van der Waals surface area contributed by atoms with E-state index >= 15 is 0 Å². The predicted octanol–water partition coefficient (Wildman–Crippen LogP) is 9.54. The number of carbonyl (C=O) groups excluding carboxylic acids is 1. The zero-order chi connectivity index (χ0) is 28.1. The van der Waals surface area contributed by atoms with Crippen LogP contribution in [0.5, 0.6) is 11.5 Å². The summed E-state index contributed by atoms with van der Waals surface area (Å²) in [4.78, 5) is 14.7. The number of anilines is 1. The number of unbranched alkanes of at least 4 members (excludes halogenated alkanes) is 13. The van der Waals surface area contributed by atoms with Crippen LogP contribution >= 0.6 is 11.8 Å². The van der Waals surface area contributed by atoms with E-state index in [-0.39, 0.29) is 12.5 Å². The van der Waals surface area contributed by atoms with Crippen LogP contribution in [-0.4, -0.2) is 29.9 Å². The molecule has 0 radical (unpaired) electrons. The predicted molar refractivity (Wildman–Crippen MR) is 170 cm³/mol. The Morgan fingerprint density at radius 3 is 1.93 bits per heavy atom. The van der Waals surface area contributed by atoms with Crippen LogP contribution in [0.1, 0.15) is 102 Å². The molecule has 0 saturated carbocycles. The van der Waals surface area contributed by atoms with Gasteiger partial charge < -0.3 is 19.7 Å². The van der Waals surface area contributed by atoms with Crippen molar-refractivity contribution in [1.82, 2.24) is 4.90 Å². The first-order valence-corrected chi connectivity index (χ1v) is 16.5. The number of hydrogen-bond acceptors (Lipinski definition) is 5. The van der Waals surface area contributed by atoms with Gasteiger partial charge in [-0.3, -0.25) is 4.79 Å². The quantitative estimate of drug-likeness (QED) is 0.144. The van der Waals surface area contributed by atoms with Gasteiger partial charge in [0.15, 0.2) is 18.1 Å². The Morgan fingerprint density at radius 1 is 0.775 bits per heavy atom. The number of benzene rings is 2. The Bertz CT molecular complexity index is 979. The third kappa shape index (κ3) is 13.6. The SMILES string of the molecule is CCCCCCCCCCCCCCCCOc1ccccc1OCC(=O)Nc1ccc(CN2C=CSC2)cc1. The fourth-order valence-electron chi connectivity index (χ4n) is 4.85. The number of hydrogen-bond donors (Lipinski definition) is 1. The van der Waals surface area contributed by atoms with Crippen LogP contribution in [0.2, 0.25) is 0 Å². The molecule has 1 heterocycles. The number of nitrogens with one attached hydrogen (secondary N) is 1. The summed E-state index contributed by atoms with van der Waals surface area (Å²) in [6, 6.07) is 15.6. The molecule has 5 nitrogen and oxygen atoms in total. The summed E-state index contributed by atoms with van der Waals surface area (Å²) in [5, 5.41) is 5.03. The molecule has 2 aromatic rings. The summed E-state index contributed by atoms with van der Waals surface area (Å²) < 4.78 is 11.8. The average Bonchev–Trinajstić information content (AvgIpc) is 3.49. The van der Waals surface area contributed by atoms with Gasteiger partial charge in [-0.25, -0.2) is 0 Å². The minimum Gasteiger partial charge on any atom is -0.490 e. The first-order valence-electron chi connectivity index (χ1n) is 15.5. The highest BCUT2D eigenvalue weighted by molar-refractivity contribution is 8.02. The van der Waals surface area contributed by atoms with E-state index in [1.54, 1.807) is 11.8 Å². The molecule has 0 bridgehead atoms. The maximum Gasteiger partial charge on any atom is 0.262 e. The van der Waals surface area contributed by atoms with E-state index in [9.17, 15) is 4.79 Å². The molecule has 0 atom stereocenters. The molecule has 2 aromatic carbocycles. The fraction of sp³-hybridized carbons (Fsp3) is 0.559. The average molecular weight is 567 g/mol. The molecule has 3 rings (SSSR count). The third-order valence-corrected chi connectivity index (χ3v) is 7.99. The largest absolute Gasteiger partial charge is 0.490 e. The molecule has 1 N–H and O–H groups in total. The Labute approximate surface area is 247 Å². The van der Waals surface area contributed by atoms with Gasteiger partial charge in [0.05, 0.1) is 12.5 Å². The Morgan fingerprint density at radius 2 is 1.35 bits per heavy atom. The maximum absolute atomic E-state index is 12.5. The summed E-state index contributed by atoms with van der Waals surface area (Å²) in [6.45, 7) is 3.76. The van der Waals surface area contributed by atoms with Gasteiger partial charge >= 0.3 is 0 Å². The van der Waals surface area contributed by atoms with E-state index in [0.717, 1.165) is 24.5 Å². The van der Waals surface area contributed by atoms with E-state index in [2.05, 4.69) is 28.7 Å². The maximum atomic E-state index is 12.5. The molecule has 220 valence electrons. The normalized spacial score (nSPS) is 12.6. The molecule has 1 amide bonds. The number of para-hydroxylation sites is 2. The highest BCUT2D eigenvalue weighted by Gasteiger charge is 2.09. The smallest absolute Gasteiger partial charge is 0.262 e. The number of rotatable bonds is 22. The Kier molecular flexibility index (Phi) is 16.2. The third-order valence-electron chi connectivity index (χ3n) is 7.19. The number of ether oxygens (including phenoxy) is 2. The standard InChI is InChI=1S/C34H50N2O3S/c1-2-3-4-5-6-7-8-9-10-11-12-13-14-17-25-38-32-18-15-16-19-33(32)39-28-34(37)35-31-22-20-30(21-23-31)27-36-24-26-40-29-36/h15-16,18-24,26H,2-14,17,25,27-29H2,1H3,(H,35,37). The number of amides is 1. The lowest BCUT2D eigenvalue weighted by atomic mass is 10.0. The van der Waals surface area contributed by atoms with Crippen molar-refractivity contribution in [2.45, 2.75) is 103 Å². The van der Waals surface area contributed by atoms with Crippen LogP contribution in [0.25, 0.3) is 0 Å². The monoisotopic (exact) mass is 566 g/mol. The van der Waals surface area contributed by atoms with Gasteiger partial charge in [-0.05, 0) is 41.7 Å². The first-order chi connectivity index (χ1) is 19.7. The van der Waals surface area contributed by atoms with Gasteiger partial charge in [0.1, 0.15) is 0 Å². The van der Waals surface area contributed by atoms with Crippen molar-refractivity contribution in [2.24, 2.45) is 0 Å². The fourth-order valence-corrected chi connectivity index (χ4v) is 5.56. The van der Waals surface area contributed by atoms with Crippen molar-refractivity contribution in [3.05, 3.63) is 65.7 Å². The second-order valence-electron chi connectivity index (χ2n) is 10.8. The highest BCUT2D eigenvalue weighted by atomic mass is 32.2. The minimum atomic E-state index is -0.187. The Balaban J connectivity index is 1.22. The van der Waals surface area contributed by atoms with Gasteiger partial charge in [0.2, 0.25) is 0 Å². The molecule has 0 saturated heterocycles. The molecule has 0 unspecified atom stereocenters. The van der Waals surface area contributed by atoms with Gasteiger partial charge in [-0.15, -0.1) is 11.8 Å². The molecule has 1 aliphatic heterocycles. The van der Waals surface area contributed by atoms with E-state index in [1.165, 1.54) is 89.0 Å². The van der Waals surface area contributed by atoms with Crippen molar-refractivity contribution in [3.8, 4) is 11.5 Å². The molecule has 0 aromatic heterocycles. The van der Waals surface area contributed by atoms with Gasteiger partial charge in [0.25, 0.3) is 5.91 Å². The zero-order valence-electron chi connectivity index (χ0n) is 24.6. The van der Waals surface area contributed by atoms with Crippen molar-refractivity contribution in [1.29, 1.82) is 0 Å². The minimum absolute atomic E-state index is 0.0588. The van der Waals surface area contributed by atoms with Crippen LogP contribution < -0.4 is 14.8 Å².